The summed E-state index contributed by atoms with van der Waals surface area (Å²) in [6.45, 7) is 7.28. The summed E-state index contributed by atoms with van der Waals surface area (Å²) < 4.78 is 0. The van der Waals surface area contributed by atoms with E-state index in [0.29, 0.717) is 28.1 Å². The molecule has 0 bridgehead atoms. The highest BCUT2D eigenvalue weighted by Gasteiger charge is 2.10. The smallest absolute Gasteiger partial charge is 0.144 e. The summed E-state index contributed by atoms with van der Waals surface area (Å²) in [5, 5.41) is 17.8. The average Bonchev–Trinajstić information content (AvgIpc) is 2.46. The van der Waals surface area contributed by atoms with Crippen LogP contribution in [0.5, 0.6) is 5.75 Å². The first kappa shape index (κ1) is 13.7. The van der Waals surface area contributed by atoms with E-state index in [1.165, 1.54) is 0 Å². The molecule has 20 heavy (non-hydrogen) atoms. The summed E-state index contributed by atoms with van der Waals surface area (Å²) in [6, 6.07) is 6.60. The molecule has 1 aromatic carbocycles. The number of aromatic nitrogens is 2. The quantitative estimate of drug-likeness (QED) is 0.677. The van der Waals surface area contributed by atoms with Gasteiger partial charge in [0.2, 0.25) is 0 Å². The van der Waals surface area contributed by atoms with Crippen LogP contribution in [-0.2, 0) is 0 Å². The predicted molar refractivity (Wildman–Crippen MR) is 83.0 cm³/mol. The molecule has 0 amide bonds. The molecule has 2 rings (SSSR count). The molecule has 0 aliphatic heterocycles. The predicted octanol–water partition coefficient (Wildman–Crippen LogP) is 2.17. The number of hydrogen-bond acceptors (Lipinski definition) is 4. The SMILES string of the molecule is [B]c1ccc(-c2cc(N=CC=C)c(C=C)cc2O)nn1. The lowest BCUT2D eigenvalue weighted by Gasteiger charge is -2.08. The van der Waals surface area contributed by atoms with Crippen LogP contribution in [0.3, 0.4) is 0 Å². The molecule has 0 fully saturated rings. The Morgan fingerprint density at radius 3 is 2.60 bits per heavy atom. The Morgan fingerprint density at radius 2 is 2.00 bits per heavy atom. The van der Waals surface area contributed by atoms with Gasteiger partial charge in [-0.1, -0.05) is 25.3 Å². The van der Waals surface area contributed by atoms with Crippen molar-refractivity contribution in [1.82, 2.24) is 10.2 Å². The topological polar surface area (TPSA) is 58.4 Å². The second-order valence-corrected chi connectivity index (χ2v) is 3.99. The molecule has 0 saturated carbocycles. The van der Waals surface area contributed by atoms with Crippen molar-refractivity contribution in [3.05, 3.63) is 49.1 Å². The Balaban J connectivity index is 2.58. The van der Waals surface area contributed by atoms with Crippen LogP contribution in [0, 0.1) is 0 Å². The fraction of sp³-hybridized carbons (Fsp3) is 0. The van der Waals surface area contributed by atoms with E-state index < -0.39 is 0 Å². The number of aliphatic imine (C=N–C) groups is 1. The summed E-state index contributed by atoms with van der Waals surface area (Å²) in [5.41, 5.74) is 2.74. The number of phenolic OH excluding ortho intramolecular Hbond substituents is 1. The normalized spacial score (nSPS) is 10.6. The second-order valence-electron chi connectivity index (χ2n) is 3.99. The van der Waals surface area contributed by atoms with Crippen LogP contribution < -0.4 is 5.59 Å². The first-order valence-electron chi connectivity index (χ1n) is 5.90. The zero-order chi connectivity index (χ0) is 14.5. The van der Waals surface area contributed by atoms with Crippen molar-refractivity contribution in [2.45, 2.75) is 0 Å². The van der Waals surface area contributed by atoms with Crippen molar-refractivity contribution >= 4 is 31.4 Å². The number of allylic oxidation sites excluding steroid dienone is 1. The molecule has 0 aliphatic carbocycles. The summed E-state index contributed by atoms with van der Waals surface area (Å²) in [6.07, 6.45) is 4.76. The lowest BCUT2D eigenvalue weighted by Crippen LogP contribution is -2.09. The molecule has 1 heterocycles. The van der Waals surface area contributed by atoms with Crippen LogP contribution >= 0.6 is 0 Å². The van der Waals surface area contributed by atoms with Crippen LogP contribution in [0.1, 0.15) is 5.56 Å². The van der Waals surface area contributed by atoms with Crippen molar-refractivity contribution in [2.24, 2.45) is 4.99 Å². The van der Waals surface area contributed by atoms with Gasteiger partial charge in [-0.25, -0.2) is 0 Å². The van der Waals surface area contributed by atoms with Crippen molar-refractivity contribution in [2.75, 3.05) is 0 Å². The third-order valence-electron chi connectivity index (χ3n) is 2.65. The minimum Gasteiger partial charge on any atom is -0.507 e. The Morgan fingerprint density at radius 1 is 1.20 bits per heavy atom. The molecule has 5 heteroatoms. The molecule has 2 aromatic rings. The molecule has 0 saturated heterocycles. The average molecular weight is 261 g/mol. The van der Waals surface area contributed by atoms with Gasteiger partial charge >= 0.3 is 0 Å². The van der Waals surface area contributed by atoms with Gasteiger partial charge in [-0.15, -0.1) is 0 Å². The van der Waals surface area contributed by atoms with Crippen LogP contribution in [0.15, 0.2) is 48.5 Å². The fourth-order valence-electron chi connectivity index (χ4n) is 1.69. The lowest BCUT2D eigenvalue weighted by atomic mass is 10.0. The Labute approximate surface area is 118 Å². The zero-order valence-electron chi connectivity index (χ0n) is 10.8. The number of aromatic hydroxyl groups is 1. The van der Waals surface area contributed by atoms with E-state index in [-0.39, 0.29) is 5.75 Å². The monoisotopic (exact) mass is 261 g/mol. The Kier molecular flexibility index (Phi) is 4.10. The highest BCUT2D eigenvalue weighted by molar-refractivity contribution is 6.30. The molecule has 0 unspecified atom stereocenters. The summed E-state index contributed by atoms with van der Waals surface area (Å²) in [5.74, 6) is 0.0801. The minimum absolute atomic E-state index is 0.0801. The second kappa shape index (κ2) is 5.97. The van der Waals surface area contributed by atoms with E-state index in [1.807, 2.05) is 0 Å². The van der Waals surface area contributed by atoms with E-state index in [2.05, 4.69) is 28.3 Å². The van der Waals surface area contributed by atoms with Crippen LogP contribution in [-0.4, -0.2) is 29.4 Å². The maximum atomic E-state index is 10.1. The molecule has 96 valence electrons. The molecular weight excluding hydrogens is 249 g/mol. The summed E-state index contributed by atoms with van der Waals surface area (Å²) in [7, 11) is 5.50. The van der Waals surface area contributed by atoms with Gasteiger partial charge in [0.1, 0.15) is 13.6 Å². The van der Waals surface area contributed by atoms with E-state index >= 15 is 0 Å². The van der Waals surface area contributed by atoms with Gasteiger partial charge in [-0.2, -0.15) is 10.2 Å². The van der Waals surface area contributed by atoms with Gasteiger partial charge in [-0.05, 0) is 24.3 Å². The first-order chi connectivity index (χ1) is 9.65. The van der Waals surface area contributed by atoms with Gasteiger partial charge in [-0.3, -0.25) is 4.99 Å². The van der Waals surface area contributed by atoms with Crippen LogP contribution in [0.2, 0.25) is 0 Å². The molecule has 1 N–H and O–H groups in total. The Hall–Kier alpha value is -2.69. The van der Waals surface area contributed by atoms with Gasteiger partial charge in [0, 0.05) is 22.9 Å². The highest BCUT2D eigenvalue weighted by atomic mass is 16.3. The van der Waals surface area contributed by atoms with E-state index in [0.717, 1.165) is 0 Å². The first-order valence-corrected chi connectivity index (χ1v) is 5.90. The highest BCUT2D eigenvalue weighted by Crippen LogP contribution is 2.34. The standard InChI is InChI=1S/C15H12BN3O/c1-3-7-17-13-9-11(14(20)8-10(13)4-2)12-5-6-15(16)19-18-12/h3-9,20H,1-2H2. The molecule has 0 spiro atoms. The molecule has 0 atom stereocenters. The minimum atomic E-state index is 0.0801. The maximum Gasteiger partial charge on any atom is 0.144 e. The van der Waals surface area contributed by atoms with Gasteiger partial charge < -0.3 is 5.11 Å². The maximum absolute atomic E-state index is 10.1. The lowest BCUT2D eigenvalue weighted by molar-refractivity contribution is 0.477. The van der Waals surface area contributed by atoms with Crippen molar-refractivity contribution in [3.8, 4) is 17.0 Å². The van der Waals surface area contributed by atoms with E-state index in [1.54, 1.807) is 42.6 Å². The van der Waals surface area contributed by atoms with E-state index in [9.17, 15) is 5.11 Å². The zero-order valence-corrected chi connectivity index (χ0v) is 10.8. The third kappa shape index (κ3) is 2.83. The van der Waals surface area contributed by atoms with Gasteiger partial charge in [0.15, 0.2) is 0 Å². The number of nitrogens with zero attached hydrogens (tertiary/aromatic N) is 3. The fourth-order valence-corrected chi connectivity index (χ4v) is 1.69. The third-order valence-corrected chi connectivity index (χ3v) is 2.65. The van der Waals surface area contributed by atoms with Crippen LogP contribution in [0.4, 0.5) is 5.69 Å². The van der Waals surface area contributed by atoms with E-state index in [4.69, 9.17) is 7.85 Å². The largest absolute Gasteiger partial charge is 0.507 e. The Bertz CT molecular complexity index is 678. The molecular formula is C15H12BN3O. The number of rotatable bonds is 4. The molecule has 2 radical (unpaired) electrons. The molecule has 1 aromatic heterocycles. The van der Waals surface area contributed by atoms with Crippen molar-refractivity contribution < 1.29 is 5.11 Å². The van der Waals surface area contributed by atoms with Crippen molar-refractivity contribution in [1.29, 1.82) is 0 Å². The summed E-state index contributed by atoms with van der Waals surface area (Å²) >= 11 is 0. The molecule has 4 nitrogen and oxygen atoms in total. The van der Waals surface area contributed by atoms with Crippen molar-refractivity contribution in [3.63, 3.8) is 0 Å². The van der Waals surface area contributed by atoms with Crippen LogP contribution in [0.25, 0.3) is 17.3 Å². The summed E-state index contributed by atoms with van der Waals surface area (Å²) in [4.78, 5) is 4.24. The van der Waals surface area contributed by atoms with Gasteiger partial charge in [0.05, 0.1) is 11.4 Å². The number of benzene rings is 1. The number of hydrogen-bond donors (Lipinski definition) is 1. The number of phenols is 1. The van der Waals surface area contributed by atoms with Gasteiger partial charge in [0.25, 0.3) is 0 Å². The molecule has 0 aliphatic rings.